The molecule has 1 amide bonds. The number of hydrogen-bond donors (Lipinski definition) is 3. The molecule has 0 aliphatic heterocycles. The average Bonchev–Trinajstić information content (AvgIpc) is 3.01. The molecular formula is C42H61N3O4Si3. The lowest BCUT2D eigenvalue weighted by Gasteiger charge is -2.36. The van der Waals surface area contributed by atoms with Crippen molar-refractivity contribution in [1.82, 2.24) is 9.97 Å². The second-order valence-electron chi connectivity index (χ2n) is 18.3. The van der Waals surface area contributed by atoms with Crippen molar-refractivity contribution in [3.63, 3.8) is 0 Å². The molecule has 0 saturated heterocycles. The van der Waals surface area contributed by atoms with Crippen LogP contribution in [0, 0.1) is 0 Å². The van der Waals surface area contributed by atoms with E-state index in [1.807, 2.05) is 74.7 Å². The van der Waals surface area contributed by atoms with E-state index in [1.165, 1.54) is 0 Å². The van der Waals surface area contributed by atoms with Crippen LogP contribution in [0.2, 0.25) is 54.4 Å². The van der Waals surface area contributed by atoms with Gasteiger partial charge >= 0.3 is 0 Å². The quantitative estimate of drug-likeness (QED) is 0.117. The van der Waals surface area contributed by atoms with Crippen molar-refractivity contribution < 1.29 is 18.8 Å². The first kappa shape index (κ1) is 41.3. The van der Waals surface area contributed by atoms with Gasteiger partial charge in [-0.05, 0) is 108 Å². The second kappa shape index (κ2) is 15.1. The fraction of sp³-hybridized carbons (Fsp3) is 0.452. The maximum Gasteiger partial charge on any atom is 0.250 e. The van der Waals surface area contributed by atoms with Crippen LogP contribution in [0.25, 0.3) is 22.5 Å². The molecule has 3 aromatic carbocycles. The topological polar surface area (TPSA) is 105 Å². The maximum absolute atomic E-state index is 13.5. The summed E-state index contributed by atoms with van der Waals surface area (Å²) in [6.07, 6.45) is 3.44. The smallest absolute Gasteiger partial charge is 0.250 e. The molecule has 7 nitrogen and oxygen atoms in total. The lowest BCUT2D eigenvalue weighted by Crippen LogP contribution is -2.43. The molecule has 0 unspecified atom stereocenters. The van der Waals surface area contributed by atoms with Crippen LogP contribution in [0.4, 0.5) is 5.82 Å². The van der Waals surface area contributed by atoms with Gasteiger partial charge in [0.25, 0.3) is 0 Å². The van der Waals surface area contributed by atoms with Crippen molar-refractivity contribution in [1.29, 1.82) is 0 Å². The van der Waals surface area contributed by atoms with Gasteiger partial charge in [0.15, 0.2) is 22.5 Å². The molecule has 0 spiro atoms. The number of hydrogen-bond acceptors (Lipinski definition) is 6. The minimum absolute atomic E-state index is 0.0908. The van der Waals surface area contributed by atoms with Crippen molar-refractivity contribution in [2.45, 2.75) is 122 Å². The van der Waals surface area contributed by atoms with Gasteiger partial charge in [-0.15, -0.1) is 0 Å². The van der Waals surface area contributed by atoms with Crippen molar-refractivity contribution >= 4 is 36.7 Å². The van der Waals surface area contributed by atoms with Gasteiger partial charge in [-0.3, -0.25) is 4.79 Å². The van der Waals surface area contributed by atoms with Gasteiger partial charge in [0, 0.05) is 11.1 Å². The summed E-state index contributed by atoms with van der Waals surface area (Å²) in [6, 6.07) is 24.3. The van der Waals surface area contributed by atoms with Crippen LogP contribution >= 0.6 is 0 Å². The van der Waals surface area contributed by atoms with E-state index in [0.29, 0.717) is 17.2 Å². The normalized spacial score (nSPS) is 13.2. The molecule has 1 aromatic heterocycles. The molecule has 4 rings (SSSR count). The summed E-state index contributed by atoms with van der Waals surface area (Å²) in [5, 5.41) is 2.78. The molecule has 1 heterocycles. The second-order valence-corrected chi connectivity index (χ2v) is 32.0. The zero-order valence-electron chi connectivity index (χ0n) is 33.7. The molecule has 52 heavy (non-hydrogen) atoms. The Kier molecular flexibility index (Phi) is 12.0. The highest BCUT2D eigenvalue weighted by Gasteiger charge is 2.40. The summed E-state index contributed by atoms with van der Waals surface area (Å²) in [4.78, 5) is 44.9. The van der Waals surface area contributed by atoms with Crippen LogP contribution in [-0.2, 0) is 24.1 Å². The third-order valence-corrected chi connectivity index (χ3v) is 22.9. The maximum atomic E-state index is 13.5. The van der Waals surface area contributed by atoms with E-state index >= 15 is 0 Å². The van der Waals surface area contributed by atoms with E-state index in [-0.39, 0.29) is 27.4 Å². The lowest BCUT2D eigenvalue weighted by molar-refractivity contribution is -0.115. The van der Waals surface area contributed by atoms with E-state index in [4.69, 9.17) is 14.4 Å². The Hall–Kier alpha value is -3.42. The predicted octanol–water partition coefficient (Wildman–Crippen LogP) is 10.4. The Morgan fingerprint density at radius 1 is 0.673 bits per heavy atom. The molecule has 0 atom stereocenters. The van der Waals surface area contributed by atoms with Gasteiger partial charge in [0.05, 0.1) is 18.3 Å². The number of amides is 1. The van der Waals surface area contributed by atoms with Crippen molar-refractivity contribution in [3.05, 3.63) is 95.7 Å². The molecule has 4 aromatic rings. The zero-order valence-corrected chi connectivity index (χ0v) is 36.7. The largest absolute Gasteiger partial charge is 0.544 e. The first-order chi connectivity index (χ1) is 23.8. The van der Waals surface area contributed by atoms with Crippen LogP contribution in [0.3, 0.4) is 0 Å². The van der Waals surface area contributed by atoms with E-state index in [2.05, 4.69) is 91.1 Å². The minimum atomic E-state index is -2.38. The molecule has 0 bridgehead atoms. The van der Waals surface area contributed by atoms with Gasteiger partial charge in [-0.25, -0.2) is 9.97 Å². The third kappa shape index (κ3) is 10.2. The molecule has 3 N–H and O–H groups in total. The molecule has 0 saturated carbocycles. The summed E-state index contributed by atoms with van der Waals surface area (Å²) in [5.74, 6) is 1.06. The fourth-order valence-corrected chi connectivity index (χ4v) is 7.64. The number of aromatic nitrogens is 2. The monoisotopic (exact) mass is 755 g/mol. The molecule has 0 fully saturated rings. The summed E-state index contributed by atoms with van der Waals surface area (Å²) in [7, 11) is -6.71. The van der Waals surface area contributed by atoms with E-state index in [9.17, 15) is 14.4 Å². The highest BCUT2D eigenvalue weighted by molar-refractivity contribution is 6.75. The number of carbonyl (C=O) groups is 1. The minimum Gasteiger partial charge on any atom is -0.544 e. The van der Waals surface area contributed by atoms with Gasteiger partial charge < -0.3 is 19.3 Å². The molecular weight excluding hydrogens is 695 g/mol. The summed E-state index contributed by atoms with van der Waals surface area (Å²) in [6.45, 7) is 27.6. The number of nitrogens with zero attached hydrogens (tertiary/aromatic N) is 2. The molecule has 280 valence electrons. The van der Waals surface area contributed by atoms with E-state index < -0.39 is 25.0 Å². The third-order valence-electron chi connectivity index (χ3n) is 11.6. The van der Waals surface area contributed by atoms with Crippen LogP contribution in [0.5, 0.6) is 5.75 Å². The van der Waals surface area contributed by atoms with Gasteiger partial charge in [-0.1, -0.05) is 97.0 Å². The molecule has 10 heteroatoms. The van der Waals surface area contributed by atoms with E-state index in [0.717, 1.165) is 46.4 Å². The Balaban J connectivity index is 1.61. The van der Waals surface area contributed by atoms with Crippen molar-refractivity contribution in [2.24, 2.45) is 0 Å². The number of benzene rings is 3. The fourth-order valence-electron chi connectivity index (χ4n) is 5.33. The Labute approximate surface area is 315 Å². The summed E-state index contributed by atoms with van der Waals surface area (Å²) >= 11 is 0. The standard InChI is InChI=1S/C42H61N3O4Si3/c1-40(2,3)52(12,13)49-35-24-22-33(23-25-35)36-29-43-39(38(44-36)34-20-18-32(19-21-34)28-42(6,7)51(10,11)48)45-37(46)26-30-14-16-31(17-15-30)27-41(4,5)50(8,9)47/h14-25,29,47-48H,26-28H2,1-13H3,(H,43,45,46). The Morgan fingerprint density at radius 2 is 1.12 bits per heavy atom. The number of nitrogens with one attached hydrogen (secondary N) is 1. The summed E-state index contributed by atoms with van der Waals surface area (Å²) < 4.78 is 6.50. The van der Waals surface area contributed by atoms with Crippen LogP contribution < -0.4 is 9.74 Å². The SMILES string of the molecule is CC(C)(Cc1ccc(CC(=O)Nc2ncc(-c3ccc(O[Si](C)(C)C(C)(C)C)cc3)nc2-c2ccc(CC(C)(C)[Si](C)(C)O)cc2)cc1)[Si](C)(C)O. The van der Waals surface area contributed by atoms with Gasteiger partial charge in [-0.2, -0.15) is 0 Å². The van der Waals surface area contributed by atoms with Gasteiger partial charge in [0.1, 0.15) is 11.4 Å². The highest BCUT2D eigenvalue weighted by Crippen LogP contribution is 2.41. The summed E-state index contributed by atoms with van der Waals surface area (Å²) in [5.41, 5.74) is 6.19. The Bertz CT molecular complexity index is 1830. The molecule has 0 aliphatic carbocycles. The van der Waals surface area contributed by atoms with Gasteiger partial charge in [0.2, 0.25) is 14.2 Å². The molecule has 0 aliphatic rings. The zero-order chi connectivity index (χ0) is 38.9. The number of rotatable bonds is 13. The van der Waals surface area contributed by atoms with Crippen molar-refractivity contribution in [2.75, 3.05) is 5.32 Å². The average molecular weight is 756 g/mol. The van der Waals surface area contributed by atoms with E-state index in [1.54, 1.807) is 6.20 Å². The highest BCUT2D eigenvalue weighted by atomic mass is 28.4. The molecule has 0 radical (unpaired) electrons. The lowest BCUT2D eigenvalue weighted by atomic mass is 9.99. The first-order valence-electron chi connectivity index (χ1n) is 18.4. The van der Waals surface area contributed by atoms with Crippen molar-refractivity contribution in [3.8, 4) is 28.3 Å². The van der Waals surface area contributed by atoms with Crippen LogP contribution in [0.1, 0.15) is 65.2 Å². The predicted molar refractivity (Wildman–Crippen MR) is 224 cm³/mol. The van der Waals surface area contributed by atoms with Crippen LogP contribution in [0.15, 0.2) is 79.0 Å². The Morgan fingerprint density at radius 3 is 1.58 bits per heavy atom. The van der Waals surface area contributed by atoms with Crippen LogP contribution in [-0.4, -0.2) is 50.4 Å². The number of anilines is 1. The first-order valence-corrected chi connectivity index (χ1v) is 27.2. The number of carbonyl (C=O) groups excluding carboxylic acids is 1.